The van der Waals surface area contributed by atoms with E-state index in [0.717, 1.165) is 0 Å². The molecule has 8 nitrogen and oxygen atoms in total. The van der Waals surface area contributed by atoms with Crippen molar-refractivity contribution in [2.75, 3.05) is 13.2 Å². The molecule has 0 spiro atoms. The number of imide groups is 1. The van der Waals surface area contributed by atoms with Crippen molar-refractivity contribution in [2.45, 2.75) is 13.0 Å². The van der Waals surface area contributed by atoms with Crippen LogP contribution in [0.3, 0.4) is 0 Å². The van der Waals surface area contributed by atoms with Crippen molar-refractivity contribution in [1.82, 2.24) is 10.6 Å². The van der Waals surface area contributed by atoms with Gasteiger partial charge in [0.2, 0.25) is 6.10 Å². The van der Waals surface area contributed by atoms with E-state index in [1.165, 1.54) is 0 Å². The molecule has 0 bridgehead atoms. The second-order valence-corrected chi connectivity index (χ2v) is 5.55. The summed E-state index contributed by atoms with van der Waals surface area (Å²) in [5, 5.41) is 13.3. The Labute approximate surface area is 162 Å². The quantitative estimate of drug-likeness (QED) is 0.709. The van der Waals surface area contributed by atoms with Gasteiger partial charge in [-0.05, 0) is 31.2 Å². The first-order valence-corrected chi connectivity index (χ1v) is 8.49. The second kappa shape index (κ2) is 10.3. The topological polar surface area (TPSA) is 118 Å². The molecule has 0 aliphatic rings. The highest BCUT2D eigenvalue weighted by Crippen LogP contribution is 2.18. The van der Waals surface area contributed by atoms with Crippen LogP contribution in [0.1, 0.15) is 24.2 Å². The third kappa shape index (κ3) is 6.14. The number of hydrogen-bond donors (Lipinski definition) is 2. The van der Waals surface area contributed by atoms with Crippen LogP contribution >= 0.6 is 0 Å². The fourth-order valence-corrected chi connectivity index (χ4v) is 2.22. The van der Waals surface area contributed by atoms with Gasteiger partial charge in [-0.15, -0.1) is 0 Å². The first kappa shape index (κ1) is 20.5. The molecule has 0 aliphatic heterocycles. The van der Waals surface area contributed by atoms with Crippen LogP contribution in [0.15, 0.2) is 54.6 Å². The lowest BCUT2D eigenvalue weighted by atomic mass is 10.1. The van der Waals surface area contributed by atoms with Crippen molar-refractivity contribution < 1.29 is 23.9 Å². The Morgan fingerprint density at radius 2 is 1.75 bits per heavy atom. The van der Waals surface area contributed by atoms with Crippen LogP contribution in [0.25, 0.3) is 0 Å². The van der Waals surface area contributed by atoms with Crippen LogP contribution in [0, 0.1) is 11.3 Å². The monoisotopic (exact) mass is 381 g/mol. The number of benzene rings is 2. The maximum absolute atomic E-state index is 12.4. The number of nitrogens with one attached hydrogen (secondary N) is 2. The molecule has 0 fully saturated rings. The lowest BCUT2D eigenvalue weighted by Crippen LogP contribution is -2.42. The number of ether oxygens (including phenoxy) is 2. The number of amides is 3. The van der Waals surface area contributed by atoms with E-state index < -0.39 is 30.6 Å². The van der Waals surface area contributed by atoms with Gasteiger partial charge in [0.15, 0.2) is 6.61 Å². The SMILES string of the molecule is CCNC(=O)NC(=O)[C@@H](OC(=O)COc1ccc(C#N)cc1)c1ccccc1. The van der Waals surface area contributed by atoms with E-state index in [-0.39, 0.29) is 0 Å². The molecule has 8 heteroatoms. The molecule has 0 aromatic heterocycles. The number of nitriles is 1. The van der Waals surface area contributed by atoms with Crippen LogP contribution in [-0.2, 0) is 14.3 Å². The van der Waals surface area contributed by atoms with E-state index in [0.29, 0.717) is 23.4 Å². The lowest BCUT2D eigenvalue weighted by Gasteiger charge is -2.18. The Bertz CT molecular complexity index is 860. The van der Waals surface area contributed by atoms with Crippen LogP contribution in [0.5, 0.6) is 5.75 Å². The lowest BCUT2D eigenvalue weighted by molar-refractivity contribution is -0.158. The molecular formula is C20H19N3O5. The summed E-state index contributed by atoms with van der Waals surface area (Å²) in [5.74, 6) is -1.19. The highest BCUT2D eigenvalue weighted by atomic mass is 16.6. The summed E-state index contributed by atoms with van der Waals surface area (Å²) in [6.45, 7) is 1.61. The van der Waals surface area contributed by atoms with Gasteiger partial charge >= 0.3 is 12.0 Å². The Balaban J connectivity index is 2.02. The highest BCUT2D eigenvalue weighted by Gasteiger charge is 2.26. The maximum atomic E-state index is 12.4. The summed E-state index contributed by atoms with van der Waals surface area (Å²) in [6, 6.07) is 15.8. The molecule has 0 unspecified atom stereocenters. The van der Waals surface area contributed by atoms with Gasteiger partial charge in [0.05, 0.1) is 11.6 Å². The molecule has 2 aromatic carbocycles. The zero-order valence-electron chi connectivity index (χ0n) is 15.2. The number of esters is 1. The van der Waals surface area contributed by atoms with Crippen LogP contribution in [0.4, 0.5) is 4.79 Å². The van der Waals surface area contributed by atoms with E-state index in [9.17, 15) is 14.4 Å². The van der Waals surface area contributed by atoms with Gasteiger partial charge in [-0.3, -0.25) is 10.1 Å². The van der Waals surface area contributed by atoms with E-state index in [1.54, 1.807) is 61.5 Å². The first-order valence-electron chi connectivity index (χ1n) is 8.49. The summed E-state index contributed by atoms with van der Waals surface area (Å²) in [4.78, 5) is 36.2. The van der Waals surface area contributed by atoms with Crippen molar-refractivity contribution in [3.05, 3.63) is 65.7 Å². The van der Waals surface area contributed by atoms with Gasteiger partial charge in [0.1, 0.15) is 5.75 Å². The normalized spacial score (nSPS) is 10.9. The van der Waals surface area contributed by atoms with Gasteiger partial charge in [-0.2, -0.15) is 5.26 Å². The molecule has 3 amide bonds. The summed E-state index contributed by atoms with van der Waals surface area (Å²) in [7, 11) is 0. The minimum absolute atomic E-state index is 0.341. The van der Waals surface area contributed by atoms with E-state index in [4.69, 9.17) is 14.7 Å². The van der Waals surface area contributed by atoms with Crippen molar-refractivity contribution in [1.29, 1.82) is 5.26 Å². The Hall–Kier alpha value is -3.86. The molecule has 28 heavy (non-hydrogen) atoms. The molecule has 144 valence electrons. The summed E-state index contributed by atoms with van der Waals surface area (Å²) >= 11 is 0. The molecular weight excluding hydrogens is 362 g/mol. The highest BCUT2D eigenvalue weighted by molar-refractivity contribution is 5.97. The molecule has 0 saturated carbocycles. The van der Waals surface area contributed by atoms with Gasteiger partial charge in [-0.25, -0.2) is 9.59 Å². The smallest absolute Gasteiger partial charge is 0.345 e. The van der Waals surface area contributed by atoms with Gasteiger partial charge in [0.25, 0.3) is 5.91 Å². The van der Waals surface area contributed by atoms with Crippen molar-refractivity contribution in [3.8, 4) is 11.8 Å². The summed E-state index contributed by atoms with van der Waals surface area (Å²) in [6.07, 6.45) is -1.30. The standard InChI is InChI=1S/C20H19N3O5/c1-2-22-20(26)23-19(25)18(15-6-4-3-5-7-15)28-17(24)13-27-16-10-8-14(12-21)9-11-16/h3-11,18H,2,13H2,1H3,(H2,22,23,25,26)/t18-/m0/s1. The molecule has 2 N–H and O–H groups in total. The predicted octanol–water partition coefficient (Wildman–Crippen LogP) is 2.07. The fraction of sp³-hybridized carbons (Fsp3) is 0.200. The fourth-order valence-electron chi connectivity index (χ4n) is 2.22. The van der Waals surface area contributed by atoms with Crippen molar-refractivity contribution >= 4 is 17.9 Å². The molecule has 0 saturated heterocycles. The molecule has 0 aliphatic carbocycles. The number of rotatable bonds is 7. The molecule has 0 radical (unpaired) electrons. The van der Waals surface area contributed by atoms with Crippen LogP contribution in [-0.4, -0.2) is 31.1 Å². The third-order valence-corrected chi connectivity index (χ3v) is 3.50. The van der Waals surface area contributed by atoms with Gasteiger partial charge in [-0.1, -0.05) is 30.3 Å². The Morgan fingerprint density at radius 3 is 2.36 bits per heavy atom. The number of urea groups is 1. The van der Waals surface area contributed by atoms with Gasteiger partial charge in [0, 0.05) is 12.1 Å². The average Bonchev–Trinajstić information content (AvgIpc) is 2.71. The predicted molar refractivity (Wildman–Crippen MR) is 99.1 cm³/mol. The third-order valence-electron chi connectivity index (χ3n) is 3.50. The van der Waals surface area contributed by atoms with Gasteiger partial charge < -0.3 is 14.8 Å². The van der Waals surface area contributed by atoms with Crippen molar-refractivity contribution in [3.63, 3.8) is 0 Å². The maximum Gasteiger partial charge on any atom is 0.345 e. The number of hydrogen-bond acceptors (Lipinski definition) is 6. The zero-order chi connectivity index (χ0) is 20.4. The summed E-state index contributed by atoms with van der Waals surface area (Å²) in [5.41, 5.74) is 0.872. The molecule has 2 aromatic rings. The first-order chi connectivity index (χ1) is 13.5. The summed E-state index contributed by atoms with van der Waals surface area (Å²) < 4.78 is 10.5. The van der Waals surface area contributed by atoms with Crippen LogP contribution < -0.4 is 15.4 Å². The number of nitrogens with zero attached hydrogens (tertiary/aromatic N) is 1. The minimum Gasteiger partial charge on any atom is -0.482 e. The van der Waals surface area contributed by atoms with E-state index >= 15 is 0 Å². The van der Waals surface area contributed by atoms with Crippen molar-refractivity contribution in [2.24, 2.45) is 0 Å². The molecule has 2 rings (SSSR count). The second-order valence-electron chi connectivity index (χ2n) is 5.55. The average molecular weight is 381 g/mol. The van der Waals surface area contributed by atoms with E-state index in [1.807, 2.05) is 6.07 Å². The molecule has 1 atom stereocenters. The van der Waals surface area contributed by atoms with E-state index in [2.05, 4.69) is 10.6 Å². The minimum atomic E-state index is -1.30. The largest absolute Gasteiger partial charge is 0.482 e. The zero-order valence-corrected chi connectivity index (χ0v) is 15.2. The molecule has 0 heterocycles. The van der Waals surface area contributed by atoms with Crippen LogP contribution in [0.2, 0.25) is 0 Å². The Kier molecular flexibility index (Phi) is 7.54. The number of carbonyl (C=O) groups is 3. The Morgan fingerprint density at radius 1 is 1.07 bits per heavy atom. The number of carbonyl (C=O) groups excluding carboxylic acids is 3.